The first-order valence-electron chi connectivity index (χ1n) is 6.98. The van der Waals surface area contributed by atoms with E-state index in [0.29, 0.717) is 5.75 Å². The maximum absolute atomic E-state index is 13.7. The number of rotatable bonds is 6. The van der Waals surface area contributed by atoms with Crippen molar-refractivity contribution >= 4 is 22.6 Å². The fourth-order valence-corrected chi connectivity index (χ4v) is 2.88. The van der Waals surface area contributed by atoms with Crippen LogP contribution in [0.4, 0.5) is 4.39 Å². The van der Waals surface area contributed by atoms with Crippen molar-refractivity contribution in [2.24, 2.45) is 0 Å². The molecule has 0 spiro atoms. The highest BCUT2D eigenvalue weighted by Crippen LogP contribution is 2.31. The lowest BCUT2D eigenvalue weighted by Gasteiger charge is -2.22. The van der Waals surface area contributed by atoms with E-state index in [2.05, 4.69) is 47.0 Å². The summed E-state index contributed by atoms with van der Waals surface area (Å²) in [5.74, 6) is 0.448. The van der Waals surface area contributed by atoms with Gasteiger partial charge in [0.15, 0.2) is 0 Å². The quantitative estimate of drug-likeness (QED) is 0.721. The molecule has 0 fully saturated rings. The molecule has 0 aliphatic rings. The normalized spacial score (nSPS) is 12.2. The van der Waals surface area contributed by atoms with E-state index in [1.165, 1.54) is 6.07 Å². The van der Waals surface area contributed by atoms with E-state index in [1.807, 2.05) is 12.1 Å². The number of nitrogens with one attached hydrogen (secondary N) is 1. The van der Waals surface area contributed by atoms with Crippen LogP contribution in [0, 0.1) is 9.39 Å². The van der Waals surface area contributed by atoms with Gasteiger partial charge in [0.25, 0.3) is 0 Å². The zero-order valence-corrected chi connectivity index (χ0v) is 14.4. The Morgan fingerprint density at radius 3 is 2.71 bits per heavy atom. The average Bonchev–Trinajstić information content (AvgIpc) is 2.48. The second-order valence-electron chi connectivity index (χ2n) is 4.83. The van der Waals surface area contributed by atoms with Crippen molar-refractivity contribution in [3.05, 3.63) is 63.0 Å². The first-order chi connectivity index (χ1) is 10.2. The molecule has 1 N–H and O–H groups in total. The Kier molecular flexibility index (Phi) is 5.99. The van der Waals surface area contributed by atoms with Gasteiger partial charge in [-0.25, -0.2) is 4.39 Å². The van der Waals surface area contributed by atoms with Crippen LogP contribution in [-0.4, -0.2) is 13.7 Å². The van der Waals surface area contributed by atoms with Gasteiger partial charge >= 0.3 is 0 Å². The lowest BCUT2D eigenvalue weighted by Crippen LogP contribution is -2.24. The summed E-state index contributed by atoms with van der Waals surface area (Å²) < 4.78 is 20.2. The van der Waals surface area contributed by atoms with Gasteiger partial charge in [-0.3, -0.25) is 0 Å². The first-order valence-corrected chi connectivity index (χ1v) is 8.06. The predicted molar refractivity (Wildman–Crippen MR) is 92.2 cm³/mol. The highest BCUT2D eigenvalue weighted by atomic mass is 127. The van der Waals surface area contributed by atoms with E-state index in [9.17, 15) is 4.39 Å². The summed E-state index contributed by atoms with van der Waals surface area (Å²) in [6, 6.07) is 12.8. The van der Waals surface area contributed by atoms with Crippen LogP contribution < -0.4 is 10.1 Å². The third-order valence-electron chi connectivity index (χ3n) is 3.28. The molecule has 0 radical (unpaired) electrons. The van der Waals surface area contributed by atoms with Crippen LogP contribution in [0.5, 0.6) is 5.75 Å². The summed E-state index contributed by atoms with van der Waals surface area (Å²) in [5.41, 5.74) is 1.94. The van der Waals surface area contributed by atoms with Gasteiger partial charge in [0.2, 0.25) is 0 Å². The van der Waals surface area contributed by atoms with Gasteiger partial charge in [-0.05, 0) is 71.5 Å². The van der Waals surface area contributed by atoms with E-state index in [0.717, 1.165) is 27.7 Å². The molecule has 0 heterocycles. The molecule has 112 valence electrons. The van der Waals surface area contributed by atoms with Crippen LogP contribution in [0.2, 0.25) is 0 Å². The summed E-state index contributed by atoms with van der Waals surface area (Å²) in [6.45, 7) is 2.97. The second kappa shape index (κ2) is 7.75. The van der Waals surface area contributed by atoms with Gasteiger partial charge in [-0.15, -0.1) is 0 Å². The van der Waals surface area contributed by atoms with Crippen LogP contribution in [0.15, 0.2) is 42.5 Å². The second-order valence-corrected chi connectivity index (χ2v) is 6.07. The molecule has 0 aliphatic carbocycles. The molecule has 0 bridgehead atoms. The topological polar surface area (TPSA) is 21.3 Å². The van der Waals surface area contributed by atoms with Crippen molar-refractivity contribution in [3.8, 4) is 5.75 Å². The summed E-state index contributed by atoms with van der Waals surface area (Å²) in [5, 5.41) is 3.48. The molecule has 0 saturated carbocycles. The Bertz CT molecular complexity index is 603. The number of hydrogen-bond acceptors (Lipinski definition) is 2. The largest absolute Gasteiger partial charge is 0.496 e. The number of methoxy groups -OCH3 is 1. The standard InChI is InChI=1S/C17H19FINO/c1-3-9-20-17(12-5-4-6-14(19)10-12)15-11-13(18)7-8-16(15)21-2/h4-8,10-11,17,20H,3,9H2,1-2H3. The molecule has 2 aromatic carbocycles. The van der Waals surface area contributed by atoms with E-state index in [-0.39, 0.29) is 11.9 Å². The van der Waals surface area contributed by atoms with Crippen molar-refractivity contribution in [1.82, 2.24) is 5.32 Å². The smallest absolute Gasteiger partial charge is 0.124 e. The summed E-state index contributed by atoms with van der Waals surface area (Å²) in [6.07, 6.45) is 1.01. The minimum Gasteiger partial charge on any atom is -0.496 e. The van der Waals surface area contributed by atoms with Gasteiger partial charge in [-0.2, -0.15) is 0 Å². The number of ether oxygens (including phenoxy) is 1. The molecule has 0 saturated heterocycles. The number of halogens is 2. The van der Waals surface area contributed by atoms with E-state index >= 15 is 0 Å². The van der Waals surface area contributed by atoms with E-state index in [1.54, 1.807) is 19.2 Å². The predicted octanol–water partition coefficient (Wildman–Crippen LogP) is 4.53. The van der Waals surface area contributed by atoms with E-state index in [4.69, 9.17) is 4.74 Å². The maximum Gasteiger partial charge on any atom is 0.124 e. The number of hydrogen-bond donors (Lipinski definition) is 1. The minimum atomic E-state index is -0.250. The lowest BCUT2D eigenvalue weighted by molar-refractivity contribution is 0.402. The third kappa shape index (κ3) is 4.17. The molecule has 4 heteroatoms. The molecule has 1 atom stereocenters. The van der Waals surface area contributed by atoms with Gasteiger partial charge in [0.1, 0.15) is 11.6 Å². The van der Waals surface area contributed by atoms with Crippen LogP contribution in [-0.2, 0) is 0 Å². The summed E-state index contributed by atoms with van der Waals surface area (Å²) >= 11 is 2.29. The summed E-state index contributed by atoms with van der Waals surface area (Å²) in [7, 11) is 1.61. The molecule has 2 nitrogen and oxygen atoms in total. The van der Waals surface area contributed by atoms with Crippen LogP contribution in [0.25, 0.3) is 0 Å². The Morgan fingerprint density at radius 2 is 2.05 bits per heavy atom. The lowest BCUT2D eigenvalue weighted by atomic mass is 9.97. The monoisotopic (exact) mass is 399 g/mol. The molecule has 0 aromatic heterocycles. The van der Waals surface area contributed by atoms with Crippen molar-refractivity contribution in [3.63, 3.8) is 0 Å². The fraction of sp³-hybridized carbons (Fsp3) is 0.294. The van der Waals surface area contributed by atoms with Gasteiger partial charge in [0, 0.05) is 9.13 Å². The zero-order valence-electron chi connectivity index (χ0n) is 12.2. The molecule has 0 aliphatic heterocycles. The van der Waals surface area contributed by atoms with Crippen LogP contribution in [0.3, 0.4) is 0 Å². The van der Waals surface area contributed by atoms with Gasteiger partial charge < -0.3 is 10.1 Å². The van der Waals surface area contributed by atoms with Gasteiger partial charge in [0.05, 0.1) is 13.2 Å². The molecule has 1 unspecified atom stereocenters. The van der Waals surface area contributed by atoms with Gasteiger partial charge in [-0.1, -0.05) is 19.1 Å². The molecule has 0 amide bonds. The Labute approximate surface area is 138 Å². The first kappa shape index (κ1) is 16.2. The van der Waals surface area contributed by atoms with Crippen LogP contribution in [0.1, 0.15) is 30.5 Å². The molecular weight excluding hydrogens is 380 g/mol. The Hall–Kier alpha value is -1.14. The fourth-order valence-electron chi connectivity index (χ4n) is 2.31. The zero-order chi connectivity index (χ0) is 15.2. The van der Waals surface area contributed by atoms with Crippen molar-refractivity contribution in [2.45, 2.75) is 19.4 Å². The molecule has 2 aromatic rings. The number of benzene rings is 2. The highest BCUT2D eigenvalue weighted by molar-refractivity contribution is 14.1. The molecule has 2 rings (SSSR count). The molecule has 21 heavy (non-hydrogen) atoms. The van der Waals surface area contributed by atoms with Crippen molar-refractivity contribution < 1.29 is 9.13 Å². The highest BCUT2D eigenvalue weighted by Gasteiger charge is 2.18. The maximum atomic E-state index is 13.7. The van der Waals surface area contributed by atoms with E-state index < -0.39 is 0 Å². The van der Waals surface area contributed by atoms with Crippen molar-refractivity contribution in [1.29, 1.82) is 0 Å². The Morgan fingerprint density at radius 1 is 1.24 bits per heavy atom. The van der Waals surface area contributed by atoms with Crippen molar-refractivity contribution in [2.75, 3.05) is 13.7 Å². The molecular formula is C17H19FINO. The summed E-state index contributed by atoms with van der Waals surface area (Å²) in [4.78, 5) is 0. The third-order valence-corrected chi connectivity index (χ3v) is 3.95. The SMILES string of the molecule is CCCNC(c1cccc(I)c1)c1cc(F)ccc1OC. The average molecular weight is 399 g/mol. The van der Waals surface area contributed by atoms with Crippen LogP contribution >= 0.6 is 22.6 Å². The minimum absolute atomic E-state index is 0.0784. The Balaban J connectivity index is 2.47.